The molecule has 116 valence electrons. The van der Waals surface area contributed by atoms with Crippen LogP contribution in [0, 0.1) is 0 Å². The highest BCUT2D eigenvalue weighted by molar-refractivity contribution is 7.99. The van der Waals surface area contributed by atoms with Gasteiger partial charge in [-0.25, -0.2) is 4.79 Å². The molecule has 0 aliphatic rings. The molecular weight excluding hydrogens is 357 g/mol. The van der Waals surface area contributed by atoms with E-state index in [1.807, 2.05) is 6.92 Å². The summed E-state index contributed by atoms with van der Waals surface area (Å²) in [5.41, 5.74) is -0.0137. The van der Waals surface area contributed by atoms with Crippen LogP contribution in [-0.4, -0.2) is 34.5 Å². The number of rotatable bonds is 7. The number of hydrogen-bond acceptors (Lipinski definition) is 3. The SMILES string of the molecule is CCSCCC(NC(=O)c1c(Cl)ccc(Cl)c1Cl)C(=O)O. The molecule has 0 bridgehead atoms. The summed E-state index contributed by atoms with van der Waals surface area (Å²) in [6.45, 7) is 1.98. The van der Waals surface area contributed by atoms with Crippen LogP contribution in [0.4, 0.5) is 0 Å². The Morgan fingerprint density at radius 1 is 1.29 bits per heavy atom. The van der Waals surface area contributed by atoms with Crippen molar-refractivity contribution in [2.45, 2.75) is 19.4 Å². The van der Waals surface area contributed by atoms with Crippen LogP contribution in [0.15, 0.2) is 12.1 Å². The summed E-state index contributed by atoms with van der Waals surface area (Å²) in [5.74, 6) is -0.243. The molecule has 4 nitrogen and oxygen atoms in total. The number of amides is 1. The number of carbonyl (C=O) groups is 2. The molecular formula is C13H14Cl3NO3S. The van der Waals surface area contributed by atoms with E-state index in [-0.39, 0.29) is 20.6 Å². The minimum atomic E-state index is -1.10. The summed E-state index contributed by atoms with van der Waals surface area (Å²) >= 11 is 19.3. The maximum atomic E-state index is 12.2. The van der Waals surface area contributed by atoms with Crippen molar-refractivity contribution in [2.24, 2.45) is 0 Å². The third-order valence-corrected chi connectivity index (χ3v) is 4.68. The largest absolute Gasteiger partial charge is 0.480 e. The van der Waals surface area contributed by atoms with Crippen molar-refractivity contribution in [2.75, 3.05) is 11.5 Å². The zero-order valence-corrected chi connectivity index (χ0v) is 14.2. The first kappa shape index (κ1) is 18.4. The maximum Gasteiger partial charge on any atom is 0.326 e. The van der Waals surface area contributed by atoms with E-state index < -0.39 is 17.9 Å². The Morgan fingerprint density at radius 3 is 2.48 bits per heavy atom. The Kier molecular flexibility index (Phi) is 7.66. The van der Waals surface area contributed by atoms with Gasteiger partial charge in [0.15, 0.2) is 0 Å². The Bertz CT molecular complexity index is 540. The predicted molar refractivity (Wildman–Crippen MR) is 88.0 cm³/mol. The van der Waals surface area contributed by atoms with Crippen LogP contribution in [0.5, 0.6) is 0 Å². The van der Waals surface area contributed by atoms with Gasteiger partial charge < -0.3 is 10.4 Å². The summed E-state index contributed by atoms with van der Waals surface area (Å²) in [6.07, 6.45) is 0.315. The van der Waals surface area contributed by atoms with E-state index in [9.17, 15) is 9.59 Å². The lowest BCUT2D eigenvalue weighted by Crippen LogP contribution is -2.41. The standard InChI is InChI=1S/C13H14Cl3NO3S/c1-2-21-6-5-9(13(19)20)17-12(18)10-7(14)3-4-8(15)11(10)16/h3-4,9H,2,5-6H2,1H3,(H,17,18)(H,19,20). The van der Waals surface area contributed by atoms with Gasteiger partial charge in [-0.1, -0.05) is 41.7 Å². The first-order chi connectivity index (χ1) is 9.88. The van der Waals surface area contributed by atoms with E-state index in [1.165, 1.54) is 12.1 Å². The molecule has 0 aliphatic carbocycles. The minimum Gasteiger partial charge on any atom is -0.480 e. The van der Waals surface area contributed by atoms with Crippen LogP contribution < -0.4 is 5.32 Å². The van der Waals surface area contributed by atoms with Crippen LogP contribution >= 0.6 is 46.6 Å². The van der Waals surface area contributed by atoms with Crippen LogP contribution in [-0.2, 0) is 4.79 Å². The summed E-state index contributed by atoms with van der Waals surface area (Å²) in [7, 11) is 0. The monoisotopic (exact) mass is 369 g/mol. The van der Waals surface area contributed by atoms with Crippen LogP contribution in [0.2, 0.25) is 15.1 Å². The number of carboxylic acid groups (broad SMARTS) is 1. The zero-order valence-electron chi connectivity index (χ0n) is 11.2. The molecule has 1 rings (SSSR count). The summed E-state index contributed by atoms with van der Waals surface area (Å²) in [4.78, 5) is 23.4. The lowest BCUT2D eigenvalue weighted by molar-refractivity contribution is -0.139. The number of thioether (sulfide) groups is 1. The first-order valence-corrected chi connectivity index (χ1v) is 8.42. The highest BCUT2D eigenvalue weighted by Crippen LogP contribution is 2.31. The Hall–Kier alpha value is -0.620. The molecule has 1 amide bonds. The smallest absolute Gasteiger partial charge is 0.326 e. The Balaban J connectivity index is 2.87. The molecule has 1 unspecified atom stereocenters. The van der Waals surface area contributed by atoms with Gasteiger partial charge in [-0.2, -0.15) is 11.8 Å². The molecule has 0 saturated carbocycles. The van der Waals surface area contributed by atoms with Gasteiger partial charge in [0.1, 0.15) is 6.04 Å². The quantitative estimate of drug-likeness (QED) is 0.563. The van der Waals surface area contributed by atoms with Crippen LogP contribution in [0.1, 0.15) is 23.7 Å². The number of carbonyl (C=O) groups excluding carboxylic acids is 1. The van der Waals surface area contributed by atoms with Gasteiger partial charge in [0.2, 0.25) is 0 Å². The molecule has 2 N–H and O–H groups in total. The topological polar surface area (TPSA) is 66.4 Å². The van der Waals surface area contributed by atoms with Crippen molar-refractivity contribution in [3.05, 3.63) is 32.8 Å². The van der Waals surface area contributed by atoms with Gasteiger partial charge in [0.05, 0.1) is 20.6 Å². The minimum absolute atomic E-state index is 0.00809. The zero-order chi connectivity index (χ0) is 16.0. The summed E-state index contributed by atoms with van der Waals surface area (Å²) in [6, 6.07) is 1.91. The fraction of sp³-hybridized carbons (Fsp3) is 0.385. The fourth-order valence-corrected chi connectivity index (χ4v) is 2.96. The van der Waals surface area contributed by atoms with Crippen molar-refractivity contribution in [3.63, 3.8) is 0 Å². The second kappa shape index (κ2) is 8.73. The van der Waals surface area contributed by atoms with Gasteiger partial charge in [-0.15, -0.1) is 0 Å². The molecule has 21 heavy (non-hydrogen) atoms. The molecule has 0 radical (unpaired) electrons. The predicted octanol–water partition coefficient (Wildman–Crippen LogP) is 3.97. The van der Waals surface area contributed by atoms with Gasteiger partial charge in [0.25, 0.3) is 5.91 Å². The van der Waals surface area contributed by atoms with Crippen molar-refractivity contribution < 1.29 is 14.7 Å². The number of benzene rings is 1. The fourth-order valence-electron chi connectivity index (χ4n) is 1.57. The molecule has 0 spiro atoms. The average molecular weight is 371 g/mol. The Labute approximate surface area is 142 Å². The Morgan fingerprint density at radius 2 is 1.90 bits per heavy atom. The van der Waals surface area contributed by atoms with Crippen molar-refractivity contribution >= 4 is 58.4 Å². The highest BCUT2D eigenvalue weighted by Gasteiger charge is 2.24. The normalized spacial score (nSPS) is 12.0. The van der Waals surface area contributed by atoms with Crippen LogP contribution in [0.25, 0.3) is 0 Å². The van der Waals surface area contributed by atoms with Crippen molar-refractivity contribution in [1.82, 2.24) is 5.32 Å². The summed E-state index contributed by atoms with van der Waals surface area (Å²) in [5, 5.41) is 11.9. The number of halogens is 3. The van der Waals surface area contributed by atoms with Gasteiger partial charge >= 0.3 is 5.97 Å². The van der Waals surface area contributed by atoms with Gasteiger partial charge in [-0.3, -0.25) is 4.79 Å². The average Bonchev–Trinajstić information content (AvgIpc) is 2.42. The number of carboxylic acids is 1. The highest BCUT2D eigenvalue weighted by atomic mass is 35.5. The molecule has 1 aromatic carbocycles. The second-order valence-corrected chi connectivity index (χ2v) is 6.65. The number of hydrogen-bond donors (Lipinski definition) is 2. The summed E-state index contributed by atoms with van der Waals surface area (Å²) < 4.78 is 0. The molecule has 1 aromatic rings. The lowest BCUT2D eigenvalue weighted by Gasteiger charge is -2.15. The van der Waals surface area contributed by atoms with Gasteiger partial charge in [0, 0.05) is 0 Å². The first-order valence-electron chi connectivity index (χ1n) is 6.13. The van der Waals surface area contributed by atoms with E-state index in [2.05, 4.69) is 5.32 Å². The number of aliphatic carboxylic acids is 1. The van der Waals surface area contributed by atoms with E-state index in [4.69, 9.17) is 39.9 Å². The maximum absolute atomic E-state index is 12.2. The molecule has 8 heteroatoms. The van der Waals surface area contributed by atoms with E-state index in [0.29, 0.717) is 12.2 Å². The van der Waals surface area contributed by atoms with E-state index in [1.54, 1.807) is 11.8 Å². The molecule has 0 saturated heterocycles. The number of nitrogens with one attached hydrogen (secondary N) is 1. The van der Waals surface area contributed by atoms with Crippen molar-refractivity contribution in [1.29, 1.82) is 0 Å². The van der Waals surface area contributed by atoms with E-state index >= 15 is 0 Å². The molecule has 0 fully saturated rings. The third kappa shape index (κ3) is 5.25. The molecule has 0 heterocycles. The van der Waals surface area contributed by atoms with E-state index in [0.717, 1.165) is 5.75 Å². The molecule has 0 aliphatic heterocycles. The van der Waals surface area contributed by atoms with Crippen LogP contribution in [0.3, 0.4) is 0 Å². The van der Waals surface area contributed by atoms with Crippen molar-refractivity contribution in [3.8, 4) is 0 Å². The third-order valence-electron chi connectivity index (χ3n) is 2.63. The molecule has 1 atom stereocenters. The lowest BCUT2D eigenvalue weighted by atomic mass is 10.1. The van der Waals surface area contributed by atoms with Gasteiger partial charge in [-0.05, 0) is 30.1 Å². The molecule has 0 aromatic heterocycles. The second-order valence-electron chi connectivity index (χ2n) is 4.07.